The fourth-order valence-electron chi connectivity index (χ4n) is 2.61. The number of halogens is 2. The molecule has 7 heteroatoms. The largest absolute Gasteiger partial charge is 0.303 e. The topological polar surface area (TPSA) is 49.4 Å². The molecule has 124 valence electrons. The van der Waals surface area contributed by atoms with Crippen molar-refractivity contribution in [3.63, 3.8) is 0 Å². The van der Waals surface area contributed by atoms with Crippen molar-refractivity contribution in [3.8, 4) is 0 Å². The van der Waals surface area contributed by atoms with E-state index in [4.69, 9.17) is 23.2 Å². The van der Waals surface area contributed by atoms with Gasteiger partial charge in [-0.3, -0.25) is 0 Å². The summed E-state index contributed by atoms with van der Waals surface area (Å²) < 4.78 is 26.7. The third-order valence-electron chi connectivity index (χ3n) is 3.76. The first kappa shape index (κ1) is 18.0. The lowest BCUT2D eigenvalue weighted by Crippen LogP contribution is -2.33. The standard InChI is InChI=1S/C15H22Cl2N2O2S/c16-14-6-5-13(11-15(14)17)12-22(20,21)18-7-4-10-19-8-2-1-3-9-19/h5-6,11,18H,1-4,7-10,12H2. The van der Waals surface area contributed by atoms with E-state index in [1.54, 1.807) is 18.2 Å². The molecule has 2 rings (SSSR count). The molecule has 1 fully saturated rings. The maximum absolute atomic E-state index is 12.0. The minimum absolute atomic E-state index is 0.0758. The minimum atomic E-state index is -3.34. The van der Waals surface area contributed by atoms with Crippen molar-refractivity contribution in [1.82, 2.24) is 9.62 Å². The monoisotopic (exact) mass is 364 g/mol. The van der Waals surface area contributed by atoms with Gasteiger partial charge in [0.25, 0.3) is 0 Å². The summed E-state index contributed by atoms with van der Waals surface area (Å²) >= 11 is 11.7. The average molecular weight is 365 g/mol. The number of rotatable bonds is 7. The summed E-state index contributed by atoms with van der Waals surface area (Å²) in [5.74, 6) is -0.0758. The van der Waals surface area contributed by atoms with E-state index in [9.17, 15) is 8.42 Å². The lowest BCUT2D eigenvalue weighted by atomic mass is 10.1. The van der Waals surface area contributed by atoms with Crippen molar-refractivity contribution >= 4 is 33.2 Å². The molecule has 0 atom stereocenters. The van der Waals surface area contributed by atoms with Crippen molar-refractivity contribution < 1.29 is 8.42 Å². The smallest absolute Gasteiger partial charge is 0.215 e. The number of nitrogens with zero attached hydrogens (tertiary/aromatic N) is 1. The van der Waals surface area contributed by atoms with E-state index in [0.717, 1.165) is 26.1 Å². The molecule has 0 spiro atoms. The van der Waals surface area contributed by atoms with Crippen LogP contribution in [-0.2, 0) is 15.8 Å². The maximum Gasteiger partial charge on any atom is 0.215 e. The molecule has 0 unspecified atom stereocenters. The van der Waals surface area contributed by atoms with Gasteiger partial charge in [-0.1, -0.05) is 35.7 Å². The van der Waals surface area contributed by atoms with Crippen LogP contribution in [0.5, 0.6) is 0 Å². The van der Waals surface area contributed by atoms with Crippen LogP contribution in [0.1, 0.15) is 31.2 Å². The highest BCUT2D eigenvalue weighted by atomic mass is 35.5. The van der Waals surface area contributed by atoms with Crippen molar-refractivity contribution in [2.24, 2.45) is 0 Å². The summed E-state index contributed by atoms with van der Waals surface area (Å²) in [6.45, 7) is 3.70. The number of hydrogen-bond donors (Lipinski definition) is 1. The summed E-state index contributed by atoms with van der Waals surface area (Å²) in [4.78, 5) is 2.40. The summed E-state index contributed by atoms with van der Waals surface area (Å²) in [6.07, 6.45) is 4.65. The second-order valence-electron chi connectivity index (χ2n) is 5.66. The predicted molar refractivity (Wildman–Crippen MR) is 92.0 cm³/mol. The Labute approximate surface area is 142 Å². The third-order valence-corrected chi connectivity index (χ3v) is 5.86. The molecule has 1 aromatic carbocycles. The van der Waals surface area contributed by atoms with E-state index in [1.807, 2.05) is 0 Å². The van der Waals surface area contributed by atoms with Gasteiger partial charge in [-0.15, -0.1) is 0 Å². The van der Waals surface area contributed by atoms with Gasteiger partial charge < -0.3 is 4.90 Å². The van der Waals surface area contributed by atoms with Crippen molar-refractivity contribution in [2.75, 3.05) is 26.2 Å². The van der Waals surface area contributed by atoms with Crippen LogP contribution in [-0.4, -0.2) is 39.5 Å². The first-order valence-corrected chi connectivity index (χ1v) is 10.0. The zero-order chi connectivity index (χ0) is 16.0. The molecule has 0 bridgehead atoms. The van der Waals surface area contributed by atoms with Gasteiger partial charge in [0.1, 0.15) is 0 Å². The maximum atomic E-state index is 12.0. The first-order chi connectivity index (χ1) is 10.5. The second-order valence-corrected chi connectivity index (χ2v) is 8.28. The Hall–Kier alpha value is -0.330. The average Bonchev–Trinajstić information content (AvgIpc) is 2.48. The summed E-state index contributed by atoms with van der Waals surface area (Å²) in [7, 11) is -3.34. The van der Waals surface area contributed by atoms with Gasteiger partial charge in [-0.25, -0.2) is 13.1 Å². The summed E-state index contributed by atoms with van der Waals surface area (Å²) in [5, 5.41) is 0.803. The van der Waals surface area contributed by atoms with Gasteiger partial charge >= 0.3 is 0 Å². The number of likely N-dealkylation sites (tertiary alicyclic amines) is 1. The molecule has 1 aromatic rings. The number of hydrogen-bond acceptors (Lipinski definition) is 3. The van der Waals surface area contributed by atoms with Crippen LogP contribution in [0.2, 0.25) is 10.0 Å². The summed E-state index contributed by atoms with van der Waals surface area (Å²) in [5.41, 5.74) is 0.637. The lowest BCUT2D eigenvalue weighted by molar-refractivity contribution is 0.227. The van der Waals surface area contributed by atoms with Crippen molar-refractivity contribution in [2.45, 2.75) is 31.4 Å². The molecule has 0 amide bonds. The Morgan fingerprint density at radius 3 is 2.50 bits per heavy atom. The zero-order valence-corrected chi connectivity index (χ0v) is 14.9. The van der Waals surface area contributed by atoms with Gasteiger partial charge in [-0.2, -0.15) is 0 Å². The molecular formula is C15H22Cl2N2O2S. The van der Waals surface area contributed by atoms with Crippen LogP contribution in [0.15, 0.2) is 18.2 Å². The van der Waals surface area contributed by atoms with E-state index in [-0.39, 0.29) is 5.75 Å². The molecule has 1 saturated heterocycles. The minimum Gasteiger partial charge on any atom is -0.303 e. The van der Waals surface area contributed by atoms with E-state index >= 15 is 0 Å². The molecule has 0 aromatic heterocycles. The van der Waals surface area contributed by atoms with Crippen LogP contribution in [0, 0.1) is 0 Å². The van der Waals surface area contributed by atoms with Crippen LogP contribution >= 0.6 is 23.2 Å². The molecule has 1 aliphatic heterocycles. The van der Waals surface area contributed by atoms with Gasteiger partial charge in [0.05, 0.1) is 15.8 Å². The Morgan fingerprint density at radius 1 is 1.09 bits per heavy atom. The fraction of sp³-hybridized carbons (Fsp3) is 0.600. The number of sulfonamides is 1. The van der Waals surface area contributed by atoms with E-state index in [1.165, 1.54) is 19.3 Å². The molecule has 1 N–H and O–H groups in total. The Bertz CT molecular complexity index is 587. The molecule has 1 heterocycles. The number of piperidine rings is 1. The SMILES string of the molecule is O=S(=O)(Cc1ccc(Cl)c(Cl)c1)NCCCN1CCCCC1. The first-order valence-electron chi connectivity index (χ1n) is 7.60. The molecule has 22 heavy (non-hydrogen) atoms. The quantitative estimate of drug-likeness (QED) is 0.755. The molecule has 0 aliphatic carbocycles. The van der Waals surface area contributed by atoms with E-state index < -0.39 is 10.0 Å². The second kappa shape index (κ2) is 8.50. The van der Waals surface area contributed by atoms with Crippen molar-refractivity contribution in [3.05, 3.63) is 33.8 Å². The van der Waals surface area contributed by atoms with Gasteiger partial charge in [0.15, 0.2) is 0 Å². The van der Waals surface area contributed by atoms with Crippen LogP contribution in [0.4, 0.5) is 0 Å². The normalized spacial score (nSPS) is 16.8. The van der Waals surface area contributed by atoms with Gasteiger partial charge in [0, 0.05) is 6.54 Å². The van der Waals surface area contributed by atoms with Crippen LogP contribution in [0.3, 0.4) is 0 Å². The molecule has 4 nitrogen and oxygen atoms in total. The fourth-order valence-corrected chi connectivity index (χ4v) is 4.11. The van der Waals surface area contributed by atoms with Gasteiger partial charge in [0.2, 0.25) is 10.0 Å². The molecule has 1 aliphatic rings. The molecule has 0 radical (unpaired) electrons. The Morgan fingerprint density at radius 2 is 1.82 bits per heavy atom. The highest BCUT2D eigenvalue weighted by molar-refractivity contribution is 7.88. The van der Waals surface area contributed by atoms with E-state index in [2.05, 4.69) is 9.62 Å². The third kappa shape index (κ3) is 6.05. The number of benzene rings is 1. The van der Waals surface area contributed by atoms with Gasteiger partial charge in [-0.05, 0) is 56.6 Å². The predicted octanol–water partition coefficient (Wildman–Crippen LogP) is 3.29. The lowest BCUT2D eigenvalue weighted by Gasteiger charge is -2.26. The Balaban J connectivity index is 1.74. The molecule has 0 saturated carbocycles. The number of nitrogens with one attached hydrogen (secondary N) is 1. The van der Waals surface area contributed by atoms with Crippen LogP contribution in [0.25, 0.3) is 0 Å². The molecular weight excluding hydrogens is 343 g/mol. The Kier molecular flexibility index (Phi) is 6.96. The van der Waals surface area contributed by atoms with E-state index in [0.29, 0.717) is 22.2 Å². The van der Waals surface area contributed by atoms with Crippen LogP contribution < -0.4 is 4.72 Å². The van der Waals surface area contributed by atoms with Crippen molar-refractivity contribution in [1.29, 1.82) is 0 Å². The highest BCUT2D eigenvalue weighted by Crippen LogP contribution is 2.23. The zero-order valence-electron chi connectivity index (χ0n) is 12.5. The highest BCUT2D eigenvalue weighted by Gasteiger charge is 2.13. The summed E-state index contributed by atoms with van der Waals surface area (Å²) in [6, 6.07) is 4.89.